The summed E-state index contributed by atoms with van der Waals surface area (Å²) in [6, 6.07) is 10.5. The summed E-state index contributed by atoms with van der Waals surface area (Å²) in [4.78, 5) is 0. The van der Waals surface area contributed by atoms with Crippen LogP contribution in [0.5, 0.6) is 0 Å². The van der Waals surface area contributed by atoms with Crippen molar-refractivity contribution in [1.29, 1.82) is 5.26 Å². The lowest BCUT2D eigenvalue weighted by atomic mass is 10.2. The van der Waals surface area contributed by atoms with Gasteiger partial charge in [0, 0.05) is 5.69 Å². The van der Waals surface area contributed by atoms with Crippen molar-refractivity contribution in [2.75, 3.05) is 5.32 Å². The van der Waals surface area contributed by atoms with E-state index in [0.29, 0.717) is 14.9 Å². The van der Waals surface area contributed by atoms with E-state index in [4.69, 9.17) is 5.26 Å². The molecule has 5 heteroatoms. The molecule has 2 aromatic carbocycles. The van der Waals surface area contributed by atoms with Crippen LogP contribution < -0.4 is 5.32 Å². The first-order valence-electron chi connectivity index (χ1n) is 5.02. The molecule has 0 aliphatic rings. The van der Waals surface area contributed by atoms with Gasteiger partial charge < -0.3 is 5.32 Å². The summed E-state index contributed by atoms with van der Waals surface area (Å²) >= 11 is 1.87. The first-order chi connectivity index (χ1) is 8.61. The highest BCUT2D eigenvalue weighted by atomic mass is 127. The molecule has 0 fully saturated rings. The van der Waals surface area contributed by atoms with E-state index < -0.39 is 5.82 Å². The number of benzene rings is 2. The molecular formula is C13H7F2IN2. The minimum Gasteiger partial charge on any atom is -0.354 e. The fourth-order valence-corrected chi connectivity index (χ4v) is 1.93. The Morgan fingerprint density at radius 2 is 1.89 bits per heavy atom. The summed E-state index contributed by atoms with van der Waals surface area (Å²) in [5, 5.41) is 11.5. The fraction of sp³-hybridized carbons (Fsp3) is 0. The number of nitrogens with one attached hydrogen (secondary N) is 1. The molecule has 18 heavy (non-hydrogen) atoms. The van der Waals surface area contributed by atoms with Gasteiger partial charge in [0.2, 0.25) is 0 Å². The van der Waals surface area contributed by atoms with Crippen molar-refractivity contribution in [2.45, 2.75) is 0 Å². The molecule has 0 atom stereocenters. The SMILES string of the molecule is N#Cc1ccc(Nc2cccc(F)c2I)cc1F. The molecule has 2 rings (SSSR count). The standard InChI is InChI=1S/C13H7F2IN2/c14-10-2-1-3-12(13(10)16)18-9-5-4-8(7-17)11(15)6-9/h1-6,18H. The molecule has 2 nitrogen and oxygen atoms in total. The van der Waals surface area contributed by atoms with Crippen molar-refractivity contribution in [3.63, 3.8) is 0 Å². The molecule has 0 spiro atoms. The van der Waals surface area contributed by atoms with Gasteiger partial charge in [-0.05, 0) is 52.9 Å². The number of nitrogens with zero attached hydrogens (tertiary/aromatic N) is 1. The smallest absolute Gasteiger partial charge is 0.143 e. The van der Waals surface area contributed by atoms with Crippen LogP contribution in [0, 0.1) is 26.5 Å². The Balaban J connectivity index is 2.32. The van der Waals surface area contributed by atoms with E-state index in [1.165, 1.54) is 18.2 Å². The molecule has 0 saturated heterocycles. The summed E-state index contributed by atoms with van der Waals surface area (Å²) in [6.07, 6.45) is 0. The third-order valence-electron chi connectivity index (χ3n) is 2.32. The zero-order valence-electron chi connectivity index (χ0n) is 9.05. The van der Waals surface area contributed by atoms with Crippen molar-refractivity contribution in [3.05, 3.63) is 57.2 Å². The summed E-state index contributed by atoms with van der Waals surface area (Å²) in [6.45, 7) is 0. The Morgan fingerprint density at radius 3 is 2.56 bits per heavy atom. The highest BCUT2D eigenvalue weighted by Gasteiger charge is 2.07. The Labute approximate surface area is 116 Å². The minimum atomic E-state index is -0.603. The van der Waals surface area contributed by atoms with E-state index in [0.717, 1.165) is 0 Å². The second-order valence-corrected chi connectivity index (χ2v) is 4.61. The molecule has 0 radical (unpaired) electrons. The summed E-state index contributed by atoms with van der Waals surface area (Å²) < 4.78 is 27.1. The predicted molar refractivity (Wildman–Crippen MR) is 73.5 cm³/mol. The van der Waals surface area contributed by atoms with Crippen LogP contribution in [0.1, 0.15) is 5.56 Å². The van der Waals surface area contributed by atoms with Crippen LogP contribution in [0.3, 0.4) is 0 Å². The van der Waals surface area contributed by atoms with Gasteiger partial charge in [0.1, 0.15) is 17.7 Å². The summed E-state index contributed by atoms with van der Waals surface area (Å²) in [5.41, 5.74) is 1.00. The molecule has 0 aliphatic carbocycles. The molecule has 1 N–H and O–H groups in total. The largest absolute Gasteiger partial charge is 0.354 e. The van der Waals surface area contributed by atoms with E-state index in [1.807, 2.05) is 22.6 Å². The molecule has 0 saturated carbocycles. The maximum Gasteiger partial charge on any atom is 0.143 e. The topological polar surface area (TPSA) is 35.8 Å². The monoisotopic (exact) mass is 356 g/mol. The lowest BCUT2D eigenvalue weighted by Gasteiger charge is -2.09. The van der Waals surface area contributed by atoms with E-state index in [2.05, 4.69) is 5.32 Å². The Morgan fingerprint density at radius 1 is 1.11 bits per heavy atom. The molecule has 0 unspecified atom stereocenters. The van der Waals surface area contributed by atoms with Gasteiger partial charge in [-0.1, -0.05) is 6.07 Å². The highest BCUT2D eigenvalue weighted by molar-refractivity contribution is 14.1. The lowest BCUT2D eigenvalue weighted by Crippen LogP contribution is -1.96. The third kappa shape index (κ3) is 2.59. The maximum absolute atomic E-state index is 13.4. The van der Waals surface area contributed by atoms with Crippen LogP contribution in [0.4, 0.5) is 20.2 Å². The van der Waals surface area contributed by atoms with Gasteiger partial charge in [0.25, 0.3) is 0 Å². The number of anilines is 2. The molecule has 90 valence electrons. The zero-order chi connectivity index (χ0) is 13.1. The first kappa shape index (κ1) is 12.8. The second kappa shape index (κ2) is 5.31. The van der Waals surface area contributed by atoms with Crippen molar-refractivity contribution in [3.8, 4) is 6.07 Å². The molecular weight excluding hydrogens is 349 g/mol. The van der Waals surface area contributed by atoms with E-state index in [1.54, 1.807) is 24.3 Å². The lowest BCUT2D eigenvalue weighted by molar-refractivity contribution is 0.621. The number of nitriles is 1. The van der Waals surface area contributed by atoms with Crippen molar-refractivity contribution >= 4 is 34.0 Å². The average molecular weight is 356 g/mol. The van der Waals surface area contributed by atoms with Crippen LogP contribution in [-0.4, -0.2) is 0 Å². The molecule has 0 amide bonds. The molecule has 2 aromatic rings. The van der Waals surface area contributed by atoms with Crippen molar-refractivity contribution < 1.29 is 8.78 Å². The fourth-order valence-electron chi connectivity index (χ4n) is 1.44. The van der Waals surface area contributed by atoms with E-state index >= 15 is 0 Å². The molecule has 0 bridgehead atoms. The van der Waals surface area contributed by atoms with Gasteiger partial charge in [-0.15, -0.1) is 0 Å². The van der Waals surface area contributed by atoms with Crippen LogP contribution in [0.15, 0.2) is 36.4 Å². The van der Waals surface area contributed by atoms with Crippen molar-refractivity contribution in [1.82, 2.24) is 0 Å². The number of hydrogen-bond donors (Lipinski definition) is 1. The van der Waals surface area contributed by atoms with Gasteiger partial charge in [0.15, 0.2) is 0 Å². The summed E-state index contributed by atoms with van der Waals surface area (Å²) in [5.74, 6) is -0.941. The predicted octanol–water partition coefficient (Wildman–Crippen LogP) is 4.18. The van der Waals surface area contributed by atoms with Gasteiger partial charge in [-0.25, -0.2) is 8.78 Å². The van der Waals surface area contributed by atoms with Gasteiger partial charge in [-0.3, -0.25) is 0 Å². The second-order valence-electron chi connectivity index (χ2n) is 3.53. The Kier molecular flexibility index (Phi) is 3.77. The Bertz CT molecular complexity index is 635. The van der Waals surface area contributed by atoms with Gasteiger partial charge in [0.05, 0.1) is 14.8 Å². The van der Waals surface area contributed by atoms with E-state index in [9.17, 15) is 8.78 Å². The van der Waals surface area contributed by atoms with Crippen LogP contribution in [-0.2, 0) is 0 Å². The third-order valence-corrected chi connectivity index (χ3v) is 3.42. The van der Waals surface area contributed by atoms with Crippen LogP contribution in [0.2, 0.25) is 0 Å². The van der Waals surface area contributed by atoms with Crippen LogP contribution >= 0.6 is 22.6 Å². The normalized spacial score (nSPS) is 9.89. The van der Waals surface area contributed by atoms with Crippen LogP contribution in [0.25, 0.3) is 0 Å². The minimum absolute atomic E-state index is 0.0190. The molecule has 0 aliphatic heterocycles. The van der Waals surface area contributed by atoms with Gasteiger partial charge >= 0.3 is 0 Å². The number of halogens is 3. The van der Waals surface area contributed by atoms with E-state index in [-0.39, 0.29) is 11.4 Å². The Hall–Kier alpha value is -1.68. The van der Waals surface area contributed by atoms with Crippen molar-refractivity contribution in [2.24, 2.45) is 0 Å². The average Bonchev–Trinajstić information content (AvgIpc) is 2.35. The molecule has 0 heterocycles. The number of rotatable bonds is 2. The highest BCUT2D eigenvalue weighted by Crippen LogP contribution is 2.25. The quantitative estimate of drug-likeness (QED) is 0.820. The maximum atomic E-state index is 13.4. The molecule has 0 aromatic heterocycles. The summed E-state index contributed by atoms with van der Waals surface area (Å²) in [7, 11) is 0. The number of hydrogen-bond acceptors (Lipinski definition) is 2. The van der Waals surface area contributed by atoms with Gasteiger partial charge in [-0.2, -0.15) is 5.26 Å². The zero-order valence-corrected chi connectivity index (χ0v) is 11.2. The first-order valence-corrected chi connectivity index (χ1v) is 6.10.